The first kappa shape index (κ1) is 68.7. The van der Waals surface area contributed by atoms with Gasteiger partial charge in [0.2, 0.25) is 53.2 Å². The third-order valence-corrected chi connectivity index (χ3v) is 12.4. The van der Waals surface area contributed by atoms with Crippen molar-refractivity contribution in [3.63, 3.8) is 0 Å². The van der Waals surface area contributed by atoms with Gasteiger partial charge in [-0.1, -0.05) is 60.1 Å². The Hall–Kier alpha value is -7.29. The van der Waals surface area contributed by atoms with Gasteiger partial charge in [-0.25, -0.2) is 0 Å². The van der Waals surface area contributed by atoms with Crippen molar-refractivity contribution in [3.05, 3.63) is 29.8 Å². The number of rotatable bonds is 37. The molecule has 23 N–H and O–H groups in total. The minimum absolute atomic E-state index is 0.0280. The second-order valence-electron chi connectivity index (χ2n) is 20.5. The van der Waals surface area contributed by atoms with Crippen molar-refractivity contribution in [2.24, 2.45) is 67.9 Å². The summed E-state index contributed by atoms with van der Waals surface area (Å²) in [7, 11) is 0. The van der Waals surface area contributed by atoms with E-state index in [1.54, 1.807) is 26.0 Å². The number of phenolic OH excluding ortho intramolecular Hbond substituents is 1. The van der Waals surface area contributed by atoms with Crippen LogP contribution in [-0.4, -0.2) is 144 Å². The number of amides is 9. The summed E-state index contributed by atoms with van der Waals surface area (Å²) in [6.07, 6.45) is 2.16. The first-order valence-electron chi connectivity index (χ1n) is 26.7. The molecule has 0 aliphatic heterocycles. The number of aromatic hydroxyl groups is 1. The van der Waals surface area contributed by atoms with Gasteiger partial charge < -0.3 is 87.8 Å². The molecule has 0 fully saturated rings. The molecule has 0 saturated carbocycles. The number of carbonyl (C=O) groups excluding carboxylic acids is 9. The van der Waals surface area contributed by atoms with Gasteiger partial charge in [0.15, 0.2) is 11.9 Å². The minimum Gasteiger partial charge on any atom is -0.508 e. The molecule has 0 spiro atoms. The van der Waals surface area contributed by atoms with Crippen LogP contribution in [0.3, 0.4) is 0 Å². The summed E-state index contributed by atoms with van der Waals surface area (Å²) in [6.45, 7) is 14.2. The summed E-state index contributed by atoms with van der Waals surface area (Å²) in [5.74, 6) is -7.75. The summed E-state index contributed by atoms with van der Waals surface area (Å²) in [4.78, 5) is 131. The molecule has 0 bridgehead atoms. The molecule has 0 radical (unpaired) electrons. The van der Waals surface area contributed by atoms with E-state index in [2.05, 4.69) is 52.5 Å². The Morgan fingerprint density at radius 3 is 1.37 bits per heavy atom. The van der Waals surface area contributed by atoms with Gasteiger partial charge in [0.25, 0.3) is 0 Å². The van der Waals surface area contributed by atoms with Crippen LogP contribution < -0.4 is 82.7 Å². The molecule has 1 aromatic rings. The van der Waals surface area contributed by atoms with Crippen LogP contribution in [0.15, 0.2) is 34.3 Å². The minimum atomic E-state index is -1.30. The highest BCUT2D eigenvalue weighted by atomic mass is 16.3. The molecule has 27 heteroatoms. The Morgan fingerprint density at radius 2 is 0.910 bits per heavy atom. The van der Waals surface area contributed by atoms with Crippen LogP contribution in [0.25, 0.3) is 0 Å². The number of hydrogen-bond donors (Lipinski definition) is 16. The molecule has 27 nitrogen and oxygen atoms in total. The number of nitrogens with zero attached hydrogens (tertiary/aromatic N) is 2. The molecule has 0 unspecified atom stereocenters. The lowest BCUT2D eigenvalue weighted by molar-refractivity contribution is -0.136. The normalized spacial score (nSPS) is 15.0. The largest absolute Gasteiger partial charge is 0.508 e. The lowest BCUT2D eigenvalue weighted by Crippen LogP contribution is -2.61. The van der Waals surface area contributed by atoms with E-state index in [-0.39, 0.29) is 87.5 Å². The van der Waals surface area contributed by atoms with E-state index in [1.165, 1.54) is 26.0 Å². The van der Waals surface area contributed by atoms with E-state index in [1.807, 2.05) is 27.7 Å². The number of aliphatic imine (C=N–C) groups is 2. The maximum atomic E-state index is 14.3. The van der Waals surface area contributed by atoms with Gasteiger partial charge in [-0.3, -0.25) is 53.1 Å². The van der Waals surface area contributed by atoms with Crippen molar-refractivity contribution in [1.82, 2.24) is 42.5 Å². The van der Waals surface area contributed by atoms with E-state index < -0.39 is 113 Å². The first-order valence-corrected chi connectivity index (χ1v) is 26.7. The van der Waals surface area contributed by atoms with Crippen LogP contribution in [0.1, 0.15) is 125 Å². The predicted octanol–water partition coefficient (Wildman–Crippen LogP) is -2.96. The first-order chi connectivity index (χ1) is 36.6. The number of guanidine groups is 2. The summed E-state index contributed by atoms with van der Waals surface area (Å²) >= 11 is 0. The van der Waals surface area contributed by atoms with Crippen molar-refractivity contribution in [2.75, 3.05) is 19.6 Å². The summed E-state index contributed by atoms with van der Waals surface area (Å²) in [5, 5.41) is 31.4. The average molecular weight is 1100 g/mol. The highest BCUT2D eigenvalue weighted by Crippen LogP contribution is 2.15. The van der Waals surface area contributed by atoms with Crippen molar-refractivity contribution < 1.29 is 48.3 Å². The molecule has 0 saturated heterocycles. The zero-order valence-corrected chi connectivity index (χ0v) is 46.7. The molecule has 0 aliphatic carbocycles. The lowest BCUT2D eigenvalue weighted by atomic mass is 9.97. The molecule has 1 rings (SSSR count). The van der Waals surface area contributed by atoms with Crippen molar-refractivity contribution >= 4 is 65.1 Å². The van der Waals surface area contributed by atoms with Crippen LogP contribution in [0, 0.1) is 17.8 Å². The van der Waals surface area contributed by atoms with Gasteiger partial charge in [0, 0.05) is 19.5 Å². The fourth-order valence-electron chi connectivity index (χ4n) is 7.82. The quantitative estimate of drug-likeness (QED) is 0.0180. The van der Waals surface area contributed by atoms with Crippen molar-refractivity contribution in [3.8, 4) is 5.75 Å². The standard InChI is InChI=1S/C51H91N17O10/c1-9-29(6)40(49(78)64-36(16-13-23-60-51(57)58)45(74)63-35(14-10-11-21-52)44(73)62-34(41(54)70)15-12-22-59-50(55)56)68-43(72)31(8)61-46(75)37(24-27(2)3)66-48(77)39(26-32-17-19-33(69)20-18-32)67-47(76)38(25-28(4)5)65-42(71)30(7)53/h17-20,27-31,34-40,69H,9-16,21-26,52-53H2,1-8H3,(H2,54,70)(H,61,75)(H,62,73)(H,63,74)(H,64,78)(H,65,71)(H,66,77)(H,67,76)(H,68,72)(H4,55,56,59)(H4,57,58,60)/t29-,30-,31-,34-,35-,36-,37-,38-,39-,40-/m0/s1. The third-order valence-electron chi connectivity index (χ3n) is 12.4. The summed E-state index contributed by atoms with van der Waals surface area (Å²) < 4.78 is 0. The maximum absolute atomic E-state index is 14.3. The van der Waals surface area contributed by atoms with Gasteiger partial charge in [0.05, 0.1) is 6.04 Å². The Morgan fingerprint density at radius 1 is 0.500 bits per heavy atom. The fourth-order valence-corrected chi connectivity index (χ4v) is 7.82. The number of primary amides is 1. The third kappa shape index (κ3) is 27.2. The monoisotopic (exact) mass is 1100 g/mol. The molecular formula is C51H91N17O10. The van der Waals surface area contributed by atoms with Crippen LogP contribution in [0.2, 0.25) is 0 Å². The second-order valence-corrected chi connectivity index (χ2v) is 20.5. The summed E-state index contributed by atoms with van der Waals surface area (Å²) in [5.41, 5.74) is 39.5. The molecule has 0 aliphatic rings. The molecule has 0 aromatic heterocycles. The maximum Gasteiger partial charge on any atom is 0.243 e. The van der Waals surface area contributed by atoms with Crippen LogP contribution in [0.4, 0.5) is 0 Å². The number of hydrogen-bond acceptors (Lipinski definition) is 14. The van der Waals surface area contributed by atoms with Gasteiger partial charge in [-0.2, -0.15) is 0 Å². The Balaban J connectivity index is 3.47. The Kier molecular flexibility index (Phi) is 31.7. The number of nitrogens with two attached hydrogens (primary N) is 7. The highest BCUT2D eigenvalue weighted by molar-refractivity contribution is 5.98. The molecule has 440 valence electrons. The lowest BCUT2D eigenvalue weighted by Gasteiger charge is -2.29. The Labute approximate surface area is 458 Å². The smallest absolute Gasteiger partial charge is 0.243 e. The SMILES string of the molecule is CC[C@H](C)[C@H](NC(=O)[C@H](C)NC(=O)[C@H](CC(C)C)NC(=O)[C@H](Cc1ccc(O)cc1)NC(=O)[C@H](CC(C)C)NC(=O)[C@H](C)N)C(=O)N[C@@H](CCCN=C(N)N)C(=O)N[C@@H](CCCCN)C(=O)N[C@@H](CCCN=C(N)N)C(N)=O. The number of unbranched alkanes of at least 4 members (excludes halogenated alkanes) is 1. The number of carbonyl (C=O) groups is 9. The van der Waals surface area contributed by atoms with Gasteiger partial charge >= 0.3 is 0 Å². The van der Waals surface area contributed by atoms with Crippen molar-refractivity contribution in [1.29, 1.82) is 0 Å². The molecule has 78 heavy (non-hydrogen) atoms. The van der Waals surface area contributed by atoms with Crippen LogP contribution >= 0.6 is 0 Å². The zero-order valence-electron chi connectivity index (χ0n) is 46.7. The number of nitrogens with one attached hydrogen (secondary N) is 8. The van der Waals surface area contributed by atoms with Crippen molar-refractivity contribution in [2.45, 2.75) is 180 Å². The molecule has 10 atom stereocenters. The topological polar surface area (TPSA) is 477 Å². The number of benzene rings is 1. The molecular weight excluding hydrogens is 1010 g/mol. The number of phenols is 1. The Bertz CT molecular complexity index is 2170. The van der Waals surface area contributed by atoms with E-state index in [0.29, 0.717) is 37.8 Å². The van der Waals surface area contributed by atoms with Gasteiger partial charge in [-0.15, -0.1) is 0 Å². The molecule has 1 aromatic carbocycles. The van der Waals surface area contributed by atoms with Crippen LogP contribution in [0.5, 0.6) is 5.75 Å². The average Bonchev–Trinajstić information content (AvgIpc) is 3.35. The zero-order chi connectivity index (χ0) is 59.2. The van der Waals surface area contributed by atoms with E-state index >= 15 is 0 Å². The molecule has 9 amide bonds. The molecule has 0 heterocycles. The van der Waals surface area contributed by atoms with Gasteiger partial charge in [-0.05, 0) is 114 Å². The highest BCUT2D eigenvalue weighted by Gasteiger charge is 2.35. The second kappa shape index (κ2) is 35.9. The van der Waals surface area contributed by atoms with Crippen LogP contribution in [-0.2, 0) is 49.6 Å². The van der Waals surface area contributed by atoms with Gasteiger partial charge in [0.1, 0.15) is 54.1 Å². The van der Waals surface area contributed by atoms with E-state index in [0.717, 1.165) is 0 Å². The summed E-state index contributed by atoms with van der Waals surface area (Å²) in [6, 6.07) is -4.73. The van der Waals surface area contributed by atoms with E-state index in [9.17, 15) is 48.3 Å². The fraction of sp³-hybridized carbons (Fsp3) is 0.667. The predicted molar refractivity (Wildman–Crippen MR) is 297 cm³/mol. The van der Waals surface area contributed by atoms with E-state index in [4.69, 9.17) is 40.1 Å².